The van der Waals surface area contributed by atoms with Crippen LogP contribution < -0.4 is 0 Å². The molecule has 0 saturated carbocycles. The van der Waals surface area contributed by atoms with Crippen molar-refractivity contribution >= 4 is 5.97 Å². The van der Waals surface area contributed by atoms with Gasteiger partial charge in [0.25, 0.3) is 6.08 Å². The van der Waals surface area contributed by atoms with Gasteiger partial charge in [-0.3, -0.25) is 0 Å². The summed E-state index contributed by atoms with van der Waals surface area (Å²) >= 11 is 0. The van der Waals surface area contributed by atoms with Crippen molar-refractivity contribution in [1.29, 1.82) is 0 Å². The van der Waals surface area contributed by atoms with Crippen molar-refractivity contribution in [1.82, 2.24) is 0 Å². The fourth-order valence-corrected chi connectivity index (χ4v) is 0.424. The topological polar surface area (TPSA) is 37.3 Å². The van der Waals surface area contributed by atoms with Crippen LogP contribution in [0.1, 0.15) is 6.42 Å². The molecule has 0 aliphatic rings. The zero-order valence-electron chi connectivity index (χ0n) is 5.45. The first-order chi connectivity index (χ1) is 5.24. The number of halogens is 5. The van der Waals surface area contributed by atoms with E-state index in [1.165, 1.54) is 0 Å². The maximum Gasteiger partial charge on any atom is 0.393 e. The second-order valence-electron chi connectivity index (χ2n) is 1.84. The molecule has 7 heteroatoms. The number of carboxylic acids is 1. The van der Waals surface area contributed by atoms with Crippen LogP contribution in [0.3, 0.4) is 0 Å². The number of rotatable bonds is 2. The summed E-state index contributed by atoms with van der Waals surface area (Å²) in [6, 6.07) is 0. The van der Waals surface area contributed by atoms with Crippen LogP contribution >= 0.6 is 0 Å². The summed E-state index contributed by atoms with van der Waals surface area (Å²) in [5.74, 6) is -2.26. The van der Waals surface area contributed by atoms with Gasteiger partial charge in [0, 0.05) is 0 Å². The molecule has 0 aromatic rings. The minimum absolute atomic E-state index is 1.91. The Morgan fingerprint density at radius 1 is 1.25 bits per heavy atom. The largest absolute Gasteiger partial charge is 0.478 e. The fourth-order valence-electron chi connectivity index (χ4n) is 0.424. The third-order valence-electron chi connectivity index (χ3n) is 0.864. The number of hydrogen-bond acceptors (Lipinski definition) is 1. The monoisotopic (exact) mass is 190 g/mol. The van der Waals surface area contributed by atoms with Crippen LogP contribution in [0.2, 0.25) is 0 Å². The number of hydrogen-bond donors (Lipinski definition) is 1. The average molecular weight is 190 g/mol. The Bertz CT molecular complexity index is 212. The van der Waals surface area contributed by atoms with Gasteiger partial charge < -0.3 is 5.11 Å². The van der Waals surface area contributed by atoms with Crippen LogP contribution in [0.15, 0.2) is 11.7 Å². The van der Waals surface area contributed by atoms with E-state index in [1.54, 1.807) is 0 Å². The lowest BCUT2D eigenvalue weighted by atomic mass is 10.2. The first-order valence-corrected chi connectivity index (χ1v) is 2.58. The second-order valence-corrected chi connectivity index (χ2v) is 1.84. The fraction of sp³-hybridized carbons (Fsp3) is 0.400. The lowest BCUT2D eigenvalue weighted by Crippen LogP contribution is -2.14. The van der Waals surface area contributed by atoms with Crippen molar-refractivity contribution in [3.63, 3.8) is 0 Å². The van der Waals surface area contributed by atoms with Gasteiger partial charge in [-0.25, -0.2) is 4.79 Å². The predicted octanol–water partition coefficient (Wildman–Crippen LogP) is 2.17. The molecule has 0 aliphatic carbocycles. The van der Waals surface area contributed by atoms with Crippen LogP contribution in [-0.2, 0) is 4.79 Å². The molecule has 0 unspecified atom stereocenters. The second kappa shape index (κ2) is 3.51. The summed E-state index contributed by atoms with van der Waals surface area (Å²) in [7, 11) is 0. The minimum atomic E-state index is -4.93. The van der Waals surface area contributed by atoms with Crippen molar-refractivity contribution < 1.29 is 31.9 Å². The molecule has 0 rings (SSSR count). The van der Waals surface area contributed by atoms with E-state index in [2.05, 4.69) is 0 Å². The van der Waals surface area contributed by atoms with Crippen LogP contribution in [0.25, 0.3) is 0 Å². The third kappa shape index (κ3) is 3.89. The molecule has 70 valence electrons. The highest BCUT2D eigenvalue weighted by molar-refractivity contribution is 5.86. The first-order valence-electron chi connectivity index (χ1n) is 2.58. The summed E-state index contributed by atoms with van der Waals surface area (Å²) in [5, 5.41) is 7.87. The van der Waals surface area contributed by atoms with Gasteiger partial charge in [0.1, 0.15) is 5.57 Å². The molecule has 0 heterocycles. The number of alkyl halides is 3. The van der Waals surface area contributed by atoms with Gasteiger partial charge in [-0.05, 0) is 0 Å². The molecule has 12 heavy (non-hydrogen) atoms. The molecule has 0 aliphatic heterocycles. The Morgan fingerprint density at radius 3 is 1.75 bits per heavy atom. The molecule has 1 N–H and O–H groups in total. The van der Waals surface area contributed by atoms with E-state index >= 15 is 0 Å². The Labute approximate surface area is 63.3 Å². The Kier molecular flexibility index (Phi) is 3.17. The van der Waals surface area contributed by atoms with E-state index in [-0.39, 0.29) is 0 Å². The number of carboxylic acid groups (broad SMARTS) is 1. The van der Waals surface area contributed by atoms with Crippen molar-refractivity contribution in [2.75, 3.05) is 0 Å². The van der Waals surface area contributed by atoms with Crippen molar-refractivity contribution in [2.24, 2.45) is 0 Å². The van der Waals surface area contributed by atoms with E-state index in [9.17, 15) is 26.7 Å². The average Bonchev–Trinajstić information content (AvgIpc) is 1.79. The molecule has 2 nitrogen and oxygen atoms in total. The lowest BCUT2D eigenvalue weighted by Gasteiger charge is -2.04. The molecule has 0 amide bonds. The highest BCUT2D eigenvalue weighted by Crippen LogP contribution is 2.27. The van der Waals surface area contributed by atoms with Gasteiger partial charge in [0.2, 0.25) is 0 Å². The van der Waals surface area contributed by atoms with Gasteiger partial charge in [-0.1, -0.05) is 0 Å². The summed E-state index contributed by atoms with van der Waals surface area (Å²) in [6.07, 6.45) is -9.87. The van der Waals surface area contributed by atoms with Crippen LogP contribution in [0, 0.1) is 0 Å². The molecule has 0 fully saturated rings. The van der Waals surface area contributed by atoms with Crippen molar-refractivity contribution in [3.8, 4) is 0 Å². The van der Waals surface area contributed by atoms with E-state index in [0.717, 1.165) is 0 Å². The highest BCUT2D eigenvalue weighted by atomic mass is 19.4. The predicted molar refractivity (Wildman–Crippen MR) is 27.5 cm³/mol. The number of carbonyl (C=O) groups is 1. The molecule has 0 saturated heterocycles. The normalized spacial score (nSPS) is 11.1. The number of aliphatic carboxylic acids is 1. The first kappa shape index (κ1) is 10.9. The van der Waals surface area contributed by atoms with Gasteiger partial charge in [0.15, 0.2) is 0 Å². The Morgan fingerprint density at radius 2 is 1.67 bits per heavy atom. The summed E-state index contributed by atoms with van der Waals surface area (Å²) in [6.45, 7) is 0. The Balaban J connectivity index is 4.60. The van der Waals surface area contributed by atoms with Crippen LogP contribution in [0.5, 0.6) is 0 Å². The Hall–Kier alpha value is -1.14. The maximum absolute atomic E-state index is 11.5. The van der Waals surface area contributed by atoms with Crippen molar-refractivity contribution in [3.05, 3.63) is 11.7 Å². The molecule has 0 aromatic carbocycles. The standard InChI is InChI=1S/C5H3F5O2/c6-3(7)2(4(11)12)1-5(8,9)10/h1H2,(H,11,12). The minimum Gasteiger partial charge on any atom is -0.478 e. The van der Waals surface area contributed by atoms with E-state index in [0.29, 0.717) is 0 Å². The van der Waals surface area contributed by atoms with Gasteiger partial charge in [-0.2, -0.15) is 22.0 Å². The summed E-state index contributed by atoms with van der Waals surface area (Å²) < 4.78 is 57.1. The van der Waals surface area contributed by atoms with Gasteiger partial charge in [-0.15, -0.1) is 0 Å². The SMILES string of the molecule is O=C(O)C(CC(F)(F)F)=C(F)F. The molecular formula is C5H3F5O2. The lowest BCUT2D eigenvalue weighted by molar-refractivity contribution is -0.143. The zero-order valence-corrected chi connectivity index (χ0v) is 5.45. The van der Waals surface area contributed by atoms with Gasteiger partial charge >= 0.3 is 12.1 Å². The van der Waals surface area contributed by atoms with E-state index in [4.69, 9.17) is 5.11 Å². The smallest absolute Gasteiger partial charge is 0.393 e. The third-order valence-corrected chi connectivity index (χ3v) is 0.864. The molecule has 0 spiro atoms. The summed E-state index contributed by atoms with van der Waals surface area (Å²) in [4.78, 5) is 9.78. The van der Waals surface area contributed by atoms with E-state index < -0.39 is 30.2 Å². The highest BCUT2D eigenvalue weighted by Gasteiger charge is 2.33. The van der Waals surface area contributed by atoms with Gasteiger partial charge in [0.05, 0.1) is 6.42 Å². The molecular weight excluding hydrogens is 187 g/mol. The molecule has 0 radical (unpaired) electrons. The van der Waals surface area contributed by atoms with Crippen molar-refractivity contribution in [2.45, 2.75) is 12.6 Å². The molecule has 0 atom stereocenters. The van der Waals surface area contributed by atoms with E-state index in [1.807, 2.05) is 0 Å². The maximum atomic E-state index is 11.5. The van der Waals surface area contributed by atoms with Crippen LogP contribution in [-0.4, -0.2) is 17.3 Å². The zero-order chi connectivity index (χ0) is 9.94. The quantitative estimate of drug-likeness (QED) is 0.535. The van der Waals surface area contributed by atoms with Crippen LogP contribution in [0.4, 0.5) is 22.0 Å². The summed E-state index contributed by atoms with van der Waals surface area (Å²) in [5.41, 5.74) is -1.91. The molecule has 0 aromatic heterocycles. The molecule has 0 bridgehead atoms.